The molecule has 0 aliphatic heterocycles. The van der Waals surface area contributed by atoms with Crippen LogP contribution >= 0.6 is 0 Å². The van der Waals surface area contributed by atoms with Crippen LogP contribution in [0.1, 0.15) is 27.7 Å². The minimum absolute atomic E-state index is 0.322. The van der Waals surface area contributed by atoms with Crippen LogP contribution < -0.4 is 11.1 Å². The maximum Gasteiger partial charge on any atom is 0.207 e. The van der Waals surface area contributed by atoms with E-state index < -0.39 is 0 Å². The molecule has 1 amide bonds. The SMILES string of the molecule is CC(C)(N)COCC(C)(C)NC=O. The van der Waals surface area contributed by atoms with Crippen LogP contribution in [0.15, 0.2) is 0 Å². The van der Waals surface area contributed by atoms with Gasteiger partial charge in [-0.1, -0.05) is 0 Å². The van der Waals surface area contributed by atoms with Crippen molar-refractivity contribution in [1.29, 1.82) is 0 Å². The fourth-order valence-electron chi connectivity index (χ4n) is 0.770. The molecule has 4 heteroatoms. The van der Waals surface area contributed by atoms with Crippen molar-refractivity contribution >= 4 is 6.41 Å². The van der Waals surface area contributed by atoms with Gasteiger partial charge in [0.2, 0.25) is 6.41 Å². The van der Waals surface area contributed by atoms with Crippen LogP contribution in [0.25, 0.3) is 0 Å². The Labute approximate surface area is 79.8 Å². The number of carbonyl (C=O) groups excluding carboxylic acids is 1. The molecule has 0 radical (unpaired) electrons. The third kappa shape index (κ3) is 7.74. The predicted octanol–water partition coefficient (Wildman–Crippen LogP) is 0.265. The van der Waals surface area contributed by atoms with Crippen molar-refractivity contribution in [3.05, 3.63) is 0 Å². The van der Waals surface area contributed by atoms with Gasteiger partial charge in [-0.15, -0.1) is 0 Å². The second-order valence-electron chi connectivity index (χ2n) is 4.63. The summed E-state index contributed by atoms with van der Waals surface area (Å²) < 4.78 is 5.37. The summed E-state index contributed by atoms with van der Waals surface area (Å²) in [6.07, 6.45) is 0.678. The van der Waals surface area contributed by atoms with Gasteiger partial charge in [0.1, 0.15) is 0 Å². The molecule has 0 saturated heterocycles. The number of ether oxygens (including phenoxy) is 1. The Morgan fingerprint density at radius 1 is 1.31 bits per heavy atom. The topological polar surface area (TPSA) is 64.3 Å². The van der Waals surface area contributed by atoms with Crippen molar-refractivity contribution in [1.82, 2.24) is 5.32 Å². The van der Waals surface area contributed by atoms with Gasteiger partial charge < -0.3 is 15.8 Å². The van der Waals surface area contributed by atoms with Crippen molar-refractivity contribution in [2.24, 2.45) is 5.73 Å². The van der Waals surface area contributed by atoms with E-state index in [1.54, 1.807) is 0 Å². The average Bonchev–Trinajstić information content (AvgIpc) is 1.82. The average molecular weight is 188 g/mol. The number of carbonyl (C=O) groups is 1. The Bertz CT molecular complexity index is 161. The first-order valence-electron chi connectivity index (χ1n) is 4.35. The van der Waals surface area contributed by atoms with Crippen LogP contribution in [-0.4, -0.2) is 30.7 Å². The van der Waals surface area contributed by atoms with E-state index in [1.165, 1.54) is 0 Å². The minimum Gasteiger partial charge on any atom is -0.377 e. The normalized spacial score (nSPS) is 12.7. The molecule has 78 valence electrons. The number of nitrogens with one attached hydrogen (secondary N) is 1. The summed E-state index contributed by atoms with van der Waals surface area (Å²) in [4.78, 5) is 10.2. The minimum atomic E-state index is -0.326. The van der Waals surface area contributed by atoms with Gasteiger partial charge in [0.05, 0.1) is 18.8 Å². The molecule has 0 spiro atoms. The molecular formula is C9H20N2O2. The molecular weight excluding hydrogens is 168 g/mol. The maximum absolute atomic E-state index is 10.2. The zero-order valence-corrected chi connectivity index (χ0v) is 8.89. The summed E-state index contributed by atoms with van der Waals surface area (Å²) >= 11 is 0. The Balaban J connectivity index is 3.69. The van der Waals surface area contributed by atoms with E-state index >= 15 is 0 Å². The molecule has 4 nitrogen and oxygen atoms in total. The zero-order chi connectivity index (χ0) is 10.5. The lowest BCUT2D eigenvalue weighted by Gasteiger charge is -2.26. The highest BCUT2D eigenvalue weighted by molar-refractivity contribution is 5.47. The van der Waals surface area contributed by atoms with Crippen molar-refractivity contribution < 1.29 is 9.53 Å². The van der Waals surface area contributed by atoms with Gasteiger partial charge in [0.25, 0.3) is 0 Å². The van der Waals surface area contributed by atoms with Gasteiger partial charge in [0, 0.05) is 5.54 Å². The maximum atomic E-state index is 10.2. The molecule has 0 fully saturated rings. The molecule has 0 saturated carbocycles. The summed E-state index contributed by atoms with van der Waals surface area (Å²) in [6, 6.07) is 0. The van der Waals surface area contributed by atoms with Gasteiger partial charge in [-0.25, -0.2) is 0 Å². The lowest BCUT2D eigenvalue weighted by Crippen LogP contribution is -2.45. The van der Waals surface area contributed by atoms with Crippen LogP contribution in [0.3, 0.4) is 0 Å². The number of amides is 1. The smallest absolute Gasteiger partial charge is 0.207 e. The highest BCUT2D eigenvalue weighted by Gasteiger charge is 2.18. The first-order chi connectivity index (χ1) is 5.77. The second-order valence-corrected chi connectivity index (χ2v) is 4.63. The van der Waals surface area contributed by atoms with Gasteiger partial charge in [-0.3, -0.25) is 4.79 Å². The summed E-state index contributed by atoms with van der Waals surface area (Å²) in [7, 11) is 0. The van der Waals surface area contributed by atoms with E-state index in [0.29, 0.717) is 19.6 Å². The Hall–Kier alpha value is -0.610. The highest BCUT2D eigenvalue weighted by atomic mass is 16.5. The number of rotatable bonds is 6. The van der Waals surface area contributed by atoms with Crippen LogP contribution in [0.4, 0.5) is 0 Å². The molecule has 0 aromatic heterocycles. The number of nitrogens with two attached hydrogens (primary N) is 1. The van der Waals surface area contributed by atoms with E-state index in [-0.39, 0.29) is 11.1 Å². The molecule has 3 N–H and O–H groups in total. The molecule has 0 atom stereocenters. The second kappa shape index (κ2) is 4.58. The summed E-state index contributed by atoms with van der Waals surface area (Å²) in [5.74, 6) is 0. The Kier molecular flexibility index (Phi) is 4.36. The predicted molar refractivity (Wildman–Crippen MR) is 52.4 cm³/mol. The molecule has 0 aromatic rings. The van der Waals surface area contributed by atoms with E-state index in [0.717, 1.165) is 0 Å². The van der Waals surface area contributed by atoms with E-state index in [2.05, 4.69) is 5.32 Å². The largest absolute Gasteiger partial charge is 0.377 e. The van der Waals surface area contributed by atoms with Gasteiger partial charge in [-0.2, -0.15) is 0 Å². The van der Waals surface area contributed by atoms with Crippen molar-refractivity contribution in [3.8, 4) is 0 Å². The third-order valence-electron chi connectivity index (χ3n) is 1.39. The standard InChI is InChI=1S/C9H20N2O2/c1-8(2,10)5-13-6-9(3,4)11-7-12/h7H,5-6,10H2,1-4H3,(H,11,12). The van der Waals surface area contributed by atoms with Crippen LogP contribution in [-0.2, 0) is 9.53 Å². The summed E-state index contributed by atoms with van der Waals surface area (Å²) in [5, 5.41) is 2.66. The molecule has 13 heavy (non-hydrogen) atoms. The highest BCUT2D eigenvalue weighted by Crippen LogP contribution is 2.04. The van der Waals surface area contributed by atoms with Crippen molar-refractivity contribution in [2.45, 2.75) is 38.8 Å². The molecule has 0 heterocycles. The van der Waals surface area contributed by atoms with Crippen molar-refractivity contribution in [2.75, 3.05) is 13.2 Å². The first kappa shape index (κ1) is 12.4. The number of hydrogen-bond donors (Lipinski definition) is 2. The molecule has 0 aliphatic rings. The fraction of sp³-hybridized carbons (Fsp3) is 0.889. The molecule has 0 rings (SSSR count). The number of hydrogen-bond acceptors (Lipinski definition) is 3. The van der Waals surface area contributed by atoms with E-state index in [9.17, 15) is 4.79 Å². The Morgan fingerprint density at radius 2 is 1.85 bits per heavy atom. The molecule has 0 unspecified atom stereocenters. The fourth-order valence-corrected chi connectivity index (χ4v) is 0.770. The lowest BCUT2D eigenvalue weighted by atomic mass is 10.1. The Morgan fingerprint density at radius 3 is 2.23 bits per heavy atom. The zero-order valence-electron chi connectivity index (χ0n) is 8.89. The molecule has 0 aliphatic carbocycles. The quantitative estimate of drug-likeness (QED) is 0.588. The van der Waals surface area contributed by atoms with Crippen molar-refractivity contribution in [3.63, 3.8) is 0 Å². The van der Waals surface area contributed by atoms with Gasteiger partial charge >= 0.3 is 0 Å². The van der Waals surface area contributed by atoms with E-state index in [1.807, 2.05) is 27.7 Å². The summed E-state index contributed by atoms with van der Waals surface area (Å²) in [5.41, 5.74) is 5.08. The monoisotopic (exact) mass is 188 g/mol. The van der Waals surface area contributed by atoms with Gasteiger partial charge in [-0.05, 0) is 27.7 Å². The van der Waals surface area contributed by atoms with Crippen LogP contribution in [0.2, 0.25) is 0 Å². The third-order valence-corrected chi connectivity index (χ3v) is 1.39. The van der Waals surface area contributed by atoms with Gasteiger partial charge in [0.15, 0.2) is 0 Å². The van der Waals surface area contributed by atoms with Crippen LogP contribution in [0, 0.1) is 0 Å². The molecule has 0 aromatic carbocycles. The lowest BCUT2D eigenvalue weighted by molar-refractivity contribution is -0.111. The molecule has 0 bridgehead atoms. The summed E-state index contributed by atoms with van der Waals surface area (Å²) in [6.45, 7) is 8.53. The van der Waals surface area contributed by atoms with E-state index in [4.69, 9.17) is 10.5 Å². The van der Waals surface area contributed by atoms with Crippen LogP contribution in [0.5, 0.6) is 0 Å². The first-order valence-corrected chi connectivity index (χ1v) is 4.35.